The van der Waals surface area contributed by atoms with Crippen LogP contribution < -0.4 is 10.1 Å². The SMILES string of the molecule is COC(=O)c1ccc(NC(=O)CC2CCCCN2S(=O)(=O)c2ccc(OC)cc2)cc1. The maximum absolute atomic E-state index is 13.2. The van der Waals surface area contributed by atoms with Crippen LogP contribution in [-0.2, 0) is 19.6 Å². The summed E-state index contributed by atoms with van der Waals surface area (Å²) in [6.45, 7) is 0.375. The second kappa shape index (κ2) is 9.93. The number of esters is 1. The van der Waals surface area contributed by atoms with E-state index in [1.807, 2.05) is 0 Å². The molecule has 2 aromatic rings. The fourth-order valence-electron chi connectivity index (χ4n) is 3.61. The number of carbonyl (C=O) groups is 2. The Kier molecular flexibility index (Phi) is 7.29. The molecule has 2 aromatic carbocycles. The Labute approximate surface area is 182 Å². The van der Waals surface area contributed by atoms with E-state index in [9.17, 15) is 18.0 Å². The number of methoxy groups -OCH3 is 2. The summed E-state index contributed by atoms with van der Waals surface area (Å²) < 4.78 is 37.5. The lowest BCUT2D eigenvalue weighted by molar-refractivity contribution is -0.117. The lowest BCUT2D eigenvalue weighted by Gasteiger charge is -2.34. The van der Waals surface area contributed by atoms with Gasteiger partial charge in [-0.3, -0.25) is 4.79 Å². The van der Waals surface area contributed by atoms with E-state index in [1.54, 1.807) is 36.4 Å². The minimum Gasteiger partial charge on any atom is -0.497 e. The molecule has 1 N–H and O–H groups in total. The summed E-state index contributed by atoms with van der Waals surface area (Å²) in [5.74, 6) is -0.168. The van der Waals surface area contributed by atoms with Crippen LogP contribution in [0.25, 0.3) is 0 Å². The summed E-state index contributed by atoms with van der Waals surface area (Å²) >= 11 is 0. The molecular formula is C22H26N2O6S. The van der Waals surface area contributed by atoms with Gasteiger partial charge in [-0.2, -0.15) is 4.31 Å². The van der Waals surface area contributed by atoms with E-state index in [-0.39, 0.29) is 17.2 Å². The van der Waals surface area contributed by atoms with Gasteiger partial charge in [0.25, 0.3) is 0 Å². The van der Waals surface area contributed by atoms with Crippen molar-refractivity contribution in [3.8, 4) is 5.75 Å². The average Bonchev–Trinajstić information content (AvgIpc) is 2.79. The van der Waals surface area contributed by atoms with Crippen molar-refractivity contribution in [2.45, 2.75) is 36.6 Å². The number of rotatable bonds is 7. The van der Waals surface area contributed by atoms with E-state index in [2.05, 4.69) is 10.1 Å². The zero-order chi connectivity index (χ0) is 22.4. The first-order valence-corrected chi connectivity index (χ1v) is 11.4. The molecule has 1 atom stereocenters. The fraction of sp³-hybridized carbons (Fsp3) is 0.364. The predicted octanol–water partition coefficient (Wildman–Crippen LogP) is 3.05. The Bertz CT molecular complexity index is 1020. The van der Waals surface area contributed by atoms with Gasteiger partial charge in [0.05, 0.1) is 24.7 Å². The van der Waals surface area contributed by atoms with Crippen molar-refractivity contribution in [2.24, 2.45) is 0 Å². The van der Waals surface area contributed by atoms with E-state index < -0.39 is 22.0 Å². The Morgan fingerprint density at radius 3 is 2.32 bits per heavy atom. The smallest absolute Gasteiger partial charge is 0.337 e. The molecule has 1 amide bonds. The lowest BCUT2D eigenvalue weighted by atomic mass is 10.0. The zero-order valence-electron chi connectivity index (χ0n) is 17.5. The van der Waals surface area contributed by atoms with E-state index in [4.69, 9.17) is 4.74 Å². The standard InChI is InChI=1S/C22H26N2O6S/c1-29-19-10-12-20(13-11-19)31(27,28)24-14-4-3-5-18(24)15-21(25)23-17-8-6-16(7-9-17)22(26)30-2/h6-13,18H,3-5,14-15H2,1-2H3,(H,23,25). The molecule has 1 unspecified atom stereocenters. The van der Waals surface area contributed by atoms with Crippen molar-refractivity contribution >= 4 is 27.6 Å². The number of ether oxygens (including phenoxy) is 2. The van der Waals surface area contributed by atoms with Gasteiger partial charge in [-0.05, 0) is 61.4 Å². The third-order valence-electron chi connectivity index (χ3n) is 5.25. The fourth-order valence-corrected chi connectivity index (χ4v) is 5.30. The van der Waals surface area contributed by atoms with Crippen LogP contribution in [0.2, 0.25) is 0 Å². The molecule has 1 aliphatic rings. The van der Waals surface area contributed by atoms with Crippen LogP contribution in [0, 0.1) is 0 Å². The van der Waals surface area contributed by atoms with E-state index in [0.29, 0.717) is 30.0 Å². The quantitative estimate of drug-likeness (QED) is 0.656. The van der Waals surface area contributed by atoms with Gasteiger partial charge >= 0.3 is 5.97 Å². The molecule has 0 spiro atoms. The number of nitrogens with one attached hydrogen (secondary N) is 1. The molecule has 0 bridgehead atoms. The number of piperidine rings is 1. The van der Waals surface area contributed by atoms with Crippen molar-refractivity contribution in [1.29, 1.82) is 0 Å². The molecule has 3 rings (SSSR count). The number of sulfonamides is 1. The molecule has 0 saturated carbocycles. The third-order valence-corrected chi connectivity index (χ3v) is 7.22. The first-order valence-electron chi connectivity index (χ1n) is 9.99. The van der Waals surface area contributed by atoms with Crippen LogP contribution in [-0.4, -0.2) is 51.4 Å². The minimum absolute atomic E-state index is 0.0497. The molecule has 1 saturated heterocycles. The van der Waals surface area contributed by atoms with Crippen LogP contribution in [0.5, 0.6) is 5.75 Å². The number of anilines is 1. The highest BCUT2D eigenvalue weighted by molar-refractivity contribution is 7.89. The second-order valence-electron chi connectivity index (χ2n) is 7.26. The van der Waals surface area contributed by atoms with Crippen LogP contribution in [0.1, 0.15) is 36.0 Å². The summed E-state index contributed by atoms with van der Waals surface area (Å²) in [5, 5.41) is 2.77. The van der Waals surface area contributed by atoms with Gasteiger partial charge in [0.15, 0.2) is 0 Å². The van der Waals surface area contributed by atoms with E-state index in [0.717, 1.165) is 12.8 Å². The number of nitrogens with zero attached hydrogens (tertiary/aromatic N) is 1. The van der Waals surface area contributed by atoms with Gasteiger partial charge in [0, 0.05) is 24.7 Å². The third kappa shape index (κ3) is 5.42. The van der Waals surface area contributed by atoms with Crippen LogP contribution in [0.15, 0.2) is 53.4 Å². The Hall–Kier alpha value is -2.91. The van der Waals surface area contributed by atoms with Crippen LogP contribution >= 0.6 is 0 Å². The topological polar surface area (TPSA) is 102 Å². The highest BCUT2D eigenvalue weighted by Gasteiger charge is 2.34. The molecular weight excluding hydrogens is 420 g/mol. The maximum atomic E-state index is 13.2. The van der Waals surface area contributed by atoms with Gasteiger partial charge in [-0.15, -0.1) is 0 Å². The largest absolute Gasteiger partial charge is 0.497 e. The Morgan fingerprint density at radius 2 is 1.71 bits per heavy atom. The van der Waals surface area contributed by atoms with Gasteiger partial charge < -0.3 is 14.8 Å². The summed E-state index contributed by atoms with van der Waals surface area (Å²) in [7, 11) is -0.907. The molecule has 1 heterocycles. The van der Waals surface area contributed by atoms with E-state index >= 15 is 0 Å². The number of carbonyl (C=O) groups excluding carboxylic acids is 2. The molecule has 0 aliphatic carbocycles. The van der Waals surface area contributed by atoms with Crippen molar-refractivity contribution in [3.05, 3.63) is 54.1 Å². The summed E-state index contributed by atoms with van der Waals surface area (Å²) in [5.41, 5.74) is 0.905. The number of hydrogen-bond donors (Lipinski definition) is 1. The van der Waals surface area contributed by atoms with E-state index in [1.165, 1.54) is 30.7 Å². The first-order chi connectivity index (χ1) is 14.8. The van der Waals surface area contributed by atoms with Crippen molar-refractivity contribution in [2.75, 3.05) is 26.1 Å². The van der Waals surface area contributed by atoms with Crippen LogP contribution in [0.3, 0.4) is 0 Å². The molecule has 0 radical (unpaired) electrons. The number of amides is 1. The summed E-state index contributed by atoms with van der Waals surface area (Å²) in [4.78, 5) is 24.3. The molecule has 1 fully saturated rings. The van der Waals surface area contributed by atoms with Gasteiger partial charge in [-0.25, -0.2) is 13.2 Å². The molecule has 31 heavy (non-hydrogen) atoms. The first kappa shape index (κ1) is 22.8. The van der Waals surface area contributed by atoms with Gasteiger partial charge in [0.1, 0.15) is 5.75 Å². The molecule has 166 valence electrons. The monoisotopic (exact) mass is 446 g/mol. The predicted molar refractivity (Wildman–Crippen MR) is 116 cm³/mol. The van der Waals surface area contributed by atoms with Gasteiger partial charge in [0.2, 0.25) is 15.9 Å². The average molecular weight is 447 g/mol. The highest BCUT2D eigenvalue weighted by atomic mass is 32.2. The molecule has 0 aromatic heterocycles. The van der Waals surface area contributed by atoms with Crippen molar-refractivity contribution in [3.63, 3.8) is 0 Å². The molecule has 9 heteroatoms. The summed E-state index contributed by atoms with van der Waals surface area (Å²) in [6.07, 6.45) is 2.28. The normalized spacial score (nSPS) is 17.0. The Balaban J connectivity index is 1.70. The van der Waals surface area contributed by atoms with Crippen molar-refractivity contribution < 1.29 is 27.5 Å². The second-order valence-corrected chi connectivity index (χ2v) is 9.15. The zero-order valence-corrected chi connectivity index (χ0v) is 18.4. The van der Waals surface area contributed by atoms with Crippen LogP contribution in [0.4, 0.5) is 5.69 Å². The van der Waals surface area contributed by atoms with Gasteiger partial charge in [-0.1, -0.05) is 6.42 Å². The lowest BCUT2D eigenvalue weighted by Crippen LogP contribution is -2.45. The summed E-state index contributed by atoms with van der Waals surface area (Å²) in [6, 6.07) is 12.2. The highest BCUT2D eigenvalue weighted by Crippen LogP contribution is 2.28. The number of hydrogen-bond acceptors (Lipinski definition) is 6. The van der Waals surface area contributed by atoms with Crippen molar-refractivity contribution in [1.82, 2.24) is 4.31 Å². The maximum Gasteiger partial charge on any atom is 0.337 e. The minimum atomic E-state index is -3.73. The number of benzene rings is 2. The molecule has 8 nitrogen and oxygen atoms in total. The molecule has 1 aliphatic heterocycles. The Morgan fingerprint density at radius 1 is 1.03 bits per heavy atom.